The van der Waals surface area contributed by atoms with Gasteiger partial charge in [-0.3, -0.25) is 24.0 Å². The van der Waals surface area contributed by atoms with Crippen LogP contribution in [-0.4, -0.2) is 81.4 Å². The predicted octanol–water partition coefficient (Wildman–Crippen LogP) is -1.85. The first-order valence-corrected chi connectivity index (χ1v) is 10.7. The lowest BCUT2D eigenvalue weighted by Crippen LogP contribution is -2.57. The average molecular weight is 472 g/mol. The fourth-order valence-electron chi connectivity index (χ4n) is 3.59. The largest absolute Gasteiger partial charge is 0.481 e. The molecule has 4 amide bonds. The maximum Gasteiger partial charge on any atom is 0.326 e. The number of aliphatic carboxylic acids is 2. The molecule has 1 rings (SSSR count). The molecule has 0 radical (unpaired) electrons. The molecule has 0 aliphatic carbocycles. The van der Waals surface area contributed by atoms with Gasteiger partial charge in [-0.15, -0.1) is 0 Å². The molecule has 0 spiro atoms. The van der Waals surface area contributed by atoms with Gasteiger partial charge in [-0.1, -0.05) is 13.8 Å². The molecule has 4 unspecified atom stereocenters. The molecule has 1 fully saturated rings. The molecular formula is C20H33N5O8. The van der Waals surface area contributed by atoms with E-state index in [-0.39, 0.29) is 25.3 Å². The molecule has 8 N–H and O–H groups in total. The lowest BCUT2D eigenvalue weighted by molar-refractivity contribution is -0.150. The first kappa shape index (κ1) is 27.8. The van der Waals surface area contributed by atoms with Crippen LogP contribution in [0.2, 0.25) is 0 Å². The Morgan fingerprint density at radius 2 is 1.64 bits per heavy atom. The first-order valence-electron chi connectivity index (χ1n) is 10.7. The summed E-state index contributed by atoms with van der Waals surface area (Å²) >= 11 is 0. The van der Waals surface area contributed by atoms with Crippen molar-refractivity contribution in [2.24, 2.45) is 17.4 Å². The van der Waals surface area contributed by atoms with Crippen LogP contribution in [0.25, 0.3) is 0 Å². The van der Waals surface area contributed by atoms with Gasteiger partial charge in [-0.05, 0) is 31.6 Å². The van der Waals surface area contributed by atoms with Gasteiger partial charge in [0, 0.05) is 13.0 Å². The maximum atomic E-state index is 13.0. The van der Waals surface area contributed by atoms with Gasteiger partial charge in [-0.25, -0.2) is 4.79 Å². The lowest BCUT2D eigenvalue weighted by atomic mass is 10.0. The second-order valence-electron chi connectivity index (χ2n) is 8.49. The number of primary amides is 1. The SMILES string of the molecule is CC(C)CC(N)C(=O)NC(CC(N)=O)C(=O)NC(CCC(=O)O)C(=O)N1CCCC1C(=O)O. The van der Waals surface area contributed by atoms with E-state index in [1.165, 1.54) is 0 Å². The van der Waals surface area contributed by atoms with Crippen molar-refractivity contribution in [1.82, 2.24) is 15.5 Å². The predicted molar refractivity (Wildman–Crippen MR) is 114 cm³/mol. The second-order valence-corrected chi connectivity index (χ2v) is 8.49. The Labute approximate surface area is 191 Å². The second kappa shape index (κ2) is 12.7. The smallest absolute Gasteiger partial charge is 0.326 e. The first-order chi connectivity index (χ1) is 15.3. The van der Waals surface area contributed by atoms with Crippen molar-refractivity contribution >= 4 is 35.6 Å². The minimum atomic E-state index is -1.44. The van der Waals surface area contributed by atoms with E-state index in [9.17, 15) is 33.9 Å². The number of nitrogens with one attached hydrogen (secondary N) is 2. The van der Waals surface area contributed by atoms with Gasteiger partial charge in [0.05, 0.1) is 12.5 Å². The van der Waals surface area contributed by atoms with Gasteiger partial charge in [0.25, 0.3) is 0 Å². The van der Waals surface area contributed by atoms with Gasteiger partial charge in [0.15, 0.2) is 0 Å². The Kier molecular flexibility index (Phi) is 10.7. The molecular weight excluding hydrogens is 438 g/mol. The van der Waals surface area contributed by atoms with E-state index in [1.807, 2.05) is 13.8 Å². The molecule has 1 aliphatic heterocycles. The molecule has 0 bridgehead atoms. The maximum absolute atomic E-state index is 13.0. The fourth-order valence-corrected chi connectivity index (χ4v) is 3.59. The van der Waals surface area contributed by atoms with E-state index >= 15 is 0 Å². The normalized spacial score (nSPS) is 18.3. The van der Waals surface area contributed by atoms with Crippen LogP contribution in [-0.2, 0) is 28.8 Å². The van der Waals surface area contributed by atoms with Crippen LogP contribution >= 0.6 is 0 Å². The number of carboxylic acid groups (broad SMARTS) is 2. The van der Waals surface area contributed by atoms with Crippen molar-refractivity contribution < 1.29 is 39.0 Å². The van der Waals surface area contributed by atoms with E-state index in [4.69, 9.17) is 16.6 Å². The molecule has 186 valence electrons. The minimum absolute atomic E-state index is 0.0924. The van der Waals surface area contributed by atoms with E-state index in [2.05, 4.69) is 10.6 Å². The Bertz CT molecular complexity index is 772. The molecule has 0 aromatic heterocycles. The molecule has 4 atom stereocenters. The molecule has 1 saturated heterocycles. The van der Waals surface area contributed by atoms with Crippen LogP contribution in [0, 0.1) is 5.92 Å². The van der Waals surface area contributed by atoms with Crippen molar-refractivity contribution in [3.8, 4) is 0 Å². The minimum Gasteiger partial charge on any atom is -0.481 e. The number of hydrogen-bond donors (Lipinski definition) is 6. The number of amides is 4. The molecule has 33 heavy (non-hydrogen) atoms. The fraction of sp³-hybridized carbons (Fsp3) is 0.700. The lowest BCUT2D eigenvalue weighted by Gasteiger charge is -2.28. The highest BCUT2D eigenvalue weighted by Gasteiger charge is 2.38. The van der Waals surface area contributed by atoms with Gasteiger partial charge >= 0.3 is 11.9 Å². The number of carbonyl (C=O) groups excluding carboxylic acids is 4. The van der Waals surface area contributed by atoms with Crippen molar-refractivity contribution in [1.29, 1.82) is 0 Å². The number of nitrogens with two attached hydrogens (primary N) is 2. The number of nitrogens with zero attached hydrogens (tertiary/aromatic N) is 1. The Balaban J connectivity index is 3.02. The summed E-state index contributed by atoms with van der Waals surface area (Å²) in [5.74, 6) is -5.61. The summed E-state index contributed by atoms with van der Waals surface area (Å²) in [6.07, 6.45) is -0.373. The van der Waals surface area contributed by atoms with Gasteiger partial charge in [-0.2, -0.15) is 0 Å². The van der Waals surface area contributed by atoms with Crippen LogP contribution in [0.5, 0.6) is 0 Å². The Hall–Kier alpha value is -3.22. The Morgan fingerprint density at radius 1 is 1.03 bits per heavy atom. The highest BCUT2D eigenvalue weighted by Crippen LogP contribution is 2.19. The van der Waals surface area contributed by atoms with Gasteiger partial charge < -0.3 is 37.2 Å². The van der Waals surface area contributed by atoms with Crippen LogP contribution in [0.3, 0.4) is 0 Å². The van der Waals surface area contributed by atoms with Crippen molar-refractivity contribution in [2.45, 2.75) is 76.5 Å². The summed E-state index contributed by atoms with van der Waals surface area (Å²) in [6.45, 7) is 3.84. The zero-order valence-corrected chi connectivity index (χ0v) is 18.8. The Morgan fingerprint density at radius 3 is 2.15 bits per heavy atom. The molecule has 0 aromatic rings. The number of rotatable bonds is 13. The average Bonchev–Trinajstić information content (AvgIpc) is 3.19. The highest BCUT2D eigenvalue weighted by molar-refractivity contribution is 5.96. The van der Waals surface area contributed by atoms with Crippen LogP contribution in [0.1, 0.15) is 52.4 Å². The molecule has 1 heterocycles. The monoisotopic (exact) mass is 471 g/mol. The zero-order valence-electron chi connectivity index (χ0n) is 18.8. The third kappa shape index (κ3) is 9.04. The van der Waals surface area contributed by atoms with Gasteiger partial charge in [0.1, 0.15) is 18.1 Å². The van der Waals surface area contributed by atoms with Crippen molar-refractivity contribution in [2.75, 3.05) is 6.54 Å². The van der Waals surface area contributed by atoms with Crippen molar-refractivity contribution in [3.63, 3.8) is 0 Å². The van der Waals surface area contributed by atoms with Gasteiger partial charge in [0.2, 0.25) is 23.6 Å². The summed E-state index contributed by atoms with van der Waals surface area (Å²) in [4.78, 5) is 73.1. The van der Waals surface area contributed by atoms with Crippen LogP contribution in [0.15, 0.2) is 0 Å². The molecule has 13 heteroatoms. The van der Waals surface area contributed by atoms with Crippen LogP contribution in [0.4, 0.5) is 0 Å². The van der Waals surface area contributed by atoms with E-state index in [0.29, 0.717) is 12.8 Å². The summed E-state index contributed by atoms with van der Waals surface area (Å²) in [5.41, 5.74) is 11.0. The molecule has 0 aromatic carbocycles. The van der Waals surface area contributed by atoms with Crippen molar-refractivity contribution in [3.05, 3.63) is 0 Å². The van der Waals surface area contributed by atoms with Crippen LogP contribution < -0.4 is 22.1 Å². The number of likely N-dealkylation sites (tertiary alicyclic amines) is 1. The number of carbonyl (C=O) groups is 6. The molecule has 13 nitrogen and oxygen atoms in total. The number of hydrogen-bond acceptors (Lipinski definition) is 7. The zero-order chi connectivity index (χ0) is 25.3. The summed E-state index contributed by atoms with van der Waals surface area (Å²) in [6, 6.07) is -4.84. The highest BCUT2D eigenvalue weighted by atomic mass is 16.4. The number of carboxylic acids is 2. The standard InChI is InChI=1S/C20H33N5O8/c1-10(2)8-11(21)17(29)24-13(9-15(22)26)18(30)23-12(5-6-16(27)28)19(31)25-7-3-4-14(25)20(32)33/h10-14H,3-9,21H2,1-2H3,(H2,22,26)(H,23,30)(H,24,29)(H,27,28)(H,32,33). The molecule has 0 saturated carbocycles. The summed E-state index contributed by atoms with van der Waals surface area (Å²) in [5, 5.41) is 23.0. The quantitative estimate of drug-likeness (QED) is 0.177. The summed E-state index contributed by atoms with van der Waals surface area (Å²) in [7, 11) is 0. The topological polar surface area (TPSA) is 222 Å². The van der Waals surface area contributed by atoms with E-state index < -0.39 is 72.6 Å². The third-order valence-corrected chi connectivity index (χ3v) is 5.18. The summed E-state index contributed by atoms with van der Waals surface area (Å²) < 4.78 is 0. The van der Waals surface area contributed by atoms with E-state index in [0.717, 1.165) is 4.90 Å². The molecule has 1 aliphatic rings. The third-order valence-electron chi connectivity index (χ3n) is 5.18. The van der Waals surface area contributed by atoms with E-state index in [1.54, 1.807) is 0 Å².